The molecular weight excluding hydrogens is 333 g/mol. The van der Waals surface area contributed by atoms with E-state index in [1.165, 1.54) is 6.07 Å². The number of oxazole rings is 1. The Kier molecular flexibility index (Phi) is 5.75. The molecule has 1 N–H and O–H groups in total. The van der Waals surface area contributed by atoms with Gasteiger partial charge in [0.2, 0.25) is 5.89 Å². The highest BCUT2D eigenvalue weighted by atomic mass is 19.1. The van der Waals surface area contributed by atoms with Gasteiger partial charge in [0.15, 0.2) is 5.96 Å². The molecule has 0 spiro atoms. The normalized spacial score (nSPS) is 15.5. The lowest BCUT2D eigenvalue weighted by Crippen LogP contribution is -2.52. The van der Waals surface area contributed by atoms with Crippen LogP contribution < -0.4 is 10.2 Å². The lowest BCUT2D eigenvalue weighted by atomic mass is 10.2. The molecule has 7 heteroatoms. The van der Waals surface area contributed by atoms with E-state index in [9.17, 15) is 4.39 Å². The number of guanidine groups is 1. The van der Waals surface area contributed by atoms with Gasteiger partial charge in [-0.25, -0.2) is 14.4 Å². The number of halogens is 1. The molecular formula is C19H26FN5O. The summed E-state index contributed by atoms with van der Waals surface area (Å²) in [5, 5.41) is 3.32. The molecule has 140 valence electrons. The van der Waals surface area contributed by atoms with Crippen LogP contribution in [-0.2, 0) is 6.54 Å². The van der Waals surface area contributed by atoms with E-state index in [4.69, 9.17) is 4.42 Å². The number of hydrogen-bond acceptors (Lipinski definition) is 4. The average molecular weight is 359 g/mol. The summed E-state index contributed by atoms with van der Waals surface area (Å²) in [7, 11) is 0. The summed E-state index contributed by atoms with van der Waals surface area (Å²) in [6.45, 7) is 10.1. The number of para-hydroxylation sites is 1. The van der Waals surface area contributed by atoms with E-state index in [1.54, 1.807) is 6.07 Å². The third-order valence-corrected chi connectivity index (χ3v) is 4.54. The summed E-state index contributed by atoms with van der Waals surface area (Å²) in [4.78, 5) is 13.3. The smallest absolute Gasteiger partial charge is 0.216 e. The SMILES string of the molecule is CCNC(=NCc1nc(C)c(C)o1)N1CCN(c2ccccc2F)CC1. The Labute approximate surface area is 153 Å². The fourth-order valence-corrected chi connectivity index (χ4v) is 3.04. The van der Waals surface area contributed by atoms with Crippen molar-refractivity contribution in [3.8, 4) is 0 Å². The molecule has 0 atom stereocenters. The quantitative estimate of drug-likeness (QED) is 0.672. The van der Waals surface area contributed by atoms with Crippen molar-refractivity contribution in [2.24, 2.45) is 4.99 Å². The second-order valence-electron chi connectivity index (χ2n) is 6.34. The molecule has 0 bridgehead atoms. The van der Waals surface area contributed by atoms with Gasteiger partial charge in [-0.15, -0.1) is 0 Å². The number of aromatic nitrogens is 1. The summed E-state index contributed by atoms with van der Waals surface area (Å²) in [6.07, 6.45) is 0. The van der Waals surface area contributed by atoms with Gasteiger partial charge in [0.25, 0.3) is 0 Å². The molecule has 26 heavy (non-hydrogen) atoms. The highest BCUT2D eigenvalue weighted by molar-refractivity contribution is 5.80. The van der Waals surface area contributed by atoms with Gasteiger partial charge in [0.1, 0.15) is 18.1 Å². The molecule has 1 aliphatic heterocycles. The van der Waals surface area contributed by atoms with E-state index in [1.807, 2.05) is 32.9 Å². The minimum absolute atomic E-state index is 0.170. The van der Waals surface area contributed by atoms with E-state index >= 15 is 0 Å². The fourth-order valence-electron chi connectivity index (χ4n) is 3.04. The number of hydrogen-bond donors (Lipinski definition) is 1. The molecule has 1 aliphatic rings. The molecule has 1 aromatic heterocycles. The van der Waals surface area contributed by atoms with Gasteiger partial charge in [0.05, 0.1) is 11.4 Å². The number of piperazine rings is 1. The average Bonchev–Trinajstić information content (AvgIpc) is 2.97. The largest absolute Gasteiger partial charge is 0.444 e. The number of aliphatic imine (C=N–C) groups is 1. The number of benzene rings is 1. The second-order valence-corrected chi connectivity index (χ2v) is 6.34. The zero-order valence-corrected chi connectivity index (χ0v) is 15.6. The van der Waals surface area contributed by atoms with Gasteiger partial charge < -0.3 is 19.5 Å². The highest BCUT2D eigenvalue weighted by Crippen LogP contribution is 2.20. The lowest BCUT2D eigenvalue weighted by molar-refractivity contribution is 0.369. The van der Waals surface area contributed by atoms with Gasteiger partial charge >= 0.3 is 0 Å². The Balaban J connectivity index is 1.64. The van der Waals surface area contributed by atoms with Crippen LogP contribution >= 0.6 is 0 Å². The first-order valence-electron chi connectivity index (χ1n) is 9.04. The van der Waals surface area contributed by atoms with Crippen LogP contribution in [0.3, 0.4) is 0 Å². The van der Waals surface area contributed by atoms with Gasteiger partial charge in [-0.1, -0.05) is 12.1 Å². The first-order chi connectivity index (χ1) is 12.6. The highest BCUT2D eigenvalue weighted by Gasteiger charge is 2.21. The van der Waals surface area contributed by atoms with Crippen molar-refractivity contribution in [3.63, 3.8) is 0 Å². The fraction of sp³-hybridized carbons (Fsp3) is 0.474. The van der Waals surface area contributed by atoms with E-state index in [0.717, 1.165) is 50.1 Å². The number of nitrogens with one attached hydrogen (secondary N) is 1. The summed E-state index contributed by atoms with van der Waals surface area (Å²) >= 11 is 0. The Hall–Kier alpha value is -2.57. The van der Waals surface area contributed by atoms with Crippen molar-refractivity contribution in [1.82, 2.24) is 15.2 Å². The van der Waals surface area contributed by atoms with Crippen LogP contribution in [0.25, 0.3) is 0 Å². The Bertz CT molecular complexity index is 746. The molecule has 1 saturated heterocycles. The van der Waals surface area contributed by atoms with Crippen molar-refractivity contribution < 1.29 is 8.81 Å². The number of aryl methyl sites for hydroxylation is 2. The minimum Gasteiger partial charge on any atom is -0.444 e. The van der Waals surface area contributed by atoms with E-state index in [-0.39, 0.29) is 5.82 Å². The third-order valence-electron chi connectivity index (χ3n) is 4.54. The minimum atomic E-state index is -0.170. The first kappa shape index (κ1) is 18.2. The summed E-state index contributed by atoms with van der Waals surface area (Å²) in [5.41, 5.74) is 1.57. The third kappa shape index (κ3) is 4.15. The monoisotopic (exact) mass is 359 g/mol. The van der Waals surface area contributed by atoms with E-state index < -0.39 is 0 Å². The van der Waals surface area contributed by atoms with Crippen LogP contribution in [0.4, 0.5) is 10.1 Å². The Morgan fingerprint density at radius 3 is 2.58 bits per heavy atom. The zero-order valence-electron chi connectivity index (χ0n) is 15.6. The summed E-state index contributed by atoms with van der Waals surface area (Å²) < 4.78 is 19.6. The molecule has 1 fully saturated rings. The second kappa shape index (κ2) is 8.21. The van der Waals surface area contributed by atoms with Crippen LogP contribution in [0.2, 0.25) is 0 Å². The topological polar surface area (TPSA) is 56.9 Å². The predicted molar refractivity (Wildman–Crippen MR) is 101 cm³/mol. The van der Waals surface area contributed by atoms with Crippen molar-refractivity contribution >= 4 is 11.6 Å². The Morgan fingerprint density at radius 2 is 1.96 bits per heavy atom. The van der Waals surface area contributed by atoms with Crippen LogP contribution in [0, 0.1) is 19.7 Å². The van der Waals surface area contributed by atoms with Gasteiger partial charge in [-0.2, -0.15) is 0 Å². The lowest BCUT2D eigenvalue weighted by Gasteiger charge is -2.37. The summed E-state index contributed by atoms with van der Waals surface area (Å²) in [6, 6.07) is 6.93. The molecule has 2 heterocycles. The molecule has 0 unspecified atom stereocenters. The molecule has 0 amide bonds. The Morgan fingerprint density at radius 1 is 1.23 bits per heavy atom. The van der Waals surface area contributed by atoms with E-state index in [2.05, 4.69) is 25.1 Å². The van der Waals surface area contributed by atoms with Gasteiger partial charge in [-0.05, 0) is 32.9 Å². The van der Waals surface area contributed by atoms with Crippen molar-refractivity contribution in [1.29, 1.82) is 0 Å². The maximum Gasteiger partial charge on any atom is 0.216 e. The molecule has 0 aliphatic carbocycles. The molecule has 3 rings (SSSR count). The van der Waals surface area contributed by atoms with E-state index in [0.29, 0.717) is 18.1 Å². The van der Waals surface area contributed by atoms with Gasteiger partial charge in [0, 0.05) is 32.7 Å². The number of rotatable bonds is 4. The maximum absolute atomic E-state index is 14.0. The molecule has 2 aromatic rings. The molecule has 6 nitrogen and oxygen atoms in total. The standard InChI is InChI=1S/C19H26FN5O/c1-4-21-19(22-13-18-23-14(2)15(3)26-18)25-11-9-24(10-12-25)17-8-6-5-7-16(17)20/h5-8H,4,9-13H2,1-3H3,(H,21,22). The molecule has 0 radical (unpaired) electrons. The number of nitrogens with zero attached hydrogens (tertiary/aromatic N) is 4. The zero-order chi connectivity index (χ0) is 18.5. The van der Waals surface area contributed by atoms with Crippen molar-refractivity contribution in [2.75, 3.05) is 37.6 Å². The maximum atomic E-state index is 14.0. The van der Waals surface area contributed by atoms with Gasteiger partial charge in [-0.3, -0.25) is 0 Å². The predicted octanol–water partition coefficient (Wildman–Crippen LogP) is 2.72. The van der Waals surface area contributed by atoms with Crippen molar-refractivity contribution in [2.45, 2.75) is 27.3 Å². The van der Waals surface area contributed by atoms with Crippen LogP contribution in [-0.4, -0.2) is 48.6 Å². The van der Waals surface area contributed by atoms with Crippen LogP contribution in [0.5, 0.6) is 0 Å². The van der Waals surface area contributed by atoms with Crippen molar-refractivity contribution in [3.05, 3.63) is 47.4 Å². The number of anilines is 1. The summed E-state index contributed by atoms with van der Waals surface area (Å²) in [5.74, 6) is 2.13. The van der Waals surface area contributed by atoms with Crippen LogP contribution in [0.1, 0.15) is 24.3 Å². The molecule has 1 aromatic carbocycles. The van der Waals surface area contributed by atoms with Crippen LogP contribution in [0.15, 0.2) is 33.7 Å². The molecule has 0 saturated carbocycles. The first-order valence-corrected chi connectivity index (χ1v) is 9.04.